The van der Waals surface area contributed by atoms with E-state index >= 15 is 0 Å². The van der Waals surface area contributed by atoms with Crippen LogP contribution in [0.1, 0.15) is 35.7 Å². The van der Waals surface area contributed by atoms with Crippen LogP contribution in [0.15, 0.2) is 48.7 Å². The van der Waals surface area contributed by atoms with E-state index in [2.05, 4.69) is 16.8 Å². The number of nitrogens with zero attached hydrogens (tertiary/aromatic N) is 3. The van der Waals surface area contributed by atoms with Crippen LogP contribution in [0.5, 0.6) is 0 Å². The highest BCUT2D eigenvalue weighted by Crippen LogP contribution is 2.26. The number of anilines is 1. The van der Waals surface area contributed by atoms with Crippen LogP contribution in [0.2, 0.25) is 0 Å². The van der Waals surface area contributed by atoms with Gasteiger partial charge in [-0.05, 0) is 63.1 Å². The van der Waals surface area contributed by atoms with Crippen molar-refractivity contribution in [3.63, 3.8) is 0 Å². The predicted molar refractivity (Wildman–Crippen MR) is 118 cm³/mol. The van der Waals surface area contributed by atoms with Gasteiger partial charge < -0.3 is 14.8 Å². The largest absolute Gasteiger partial charge is 0.348 e. The molecule has 1 atom stereocenters. The van der Waals surface area contributed by atoms with Gasteiger partial charge in [0.05, 0.1) is 4.92 Å². The van der Waals surface area contributed by atoms with Gasteiger partial charge >= 0.3 is 0 Å². The Bertz CT molecular complexity index is 1180. The molecule has 8 heteroatoms. The summed E-state index contributed by atoms with van der Waals surface area (Å²) in [5.41, 5.74) is 2.54. The fourth-order valence-corrected chi connectivity index (χ4v) is 4.22. The number of carbonyl (C=O) groups is 2. The molecule has 4 rings (SSSR count). The average Bonchev–Trinajstić information content (AvgIpc) is 3.39. The minimum Gasteiger partial charge on any atom is -0.348 e. The maximum atomic E-state index is 13.0. The number of hydrogen-bond acceptors (Lipinski definition) is 4. The van der Waals surface area contributed by atoms with Gasteiger partial charge in [0.2, 0.25) is 5.91 Å². The lowest BCUT2D eigenvalue weighted by atomic mass is 10.1. The van der Waals surface area contributed by atoms with Crippen molar-refractivity contribution in [2.45, 2.75) is 39.3 Å². The summed E-state index contributed by atoms with van der Waals surface area (Å²) in [7, 11) is 0. The Kier molecular flexibility index (Phi) is 5.46. The van der Waals surface area contributed by atoms with Crippen molar-refractivity contribution in [3.05, 3.63) is 69.9 Å². The van der Waals surface area contributed by atoms with Crippen LogP contribution < -0.4 is 5.32 Å². The normalized spacial score (nSPS) is 15.9. The lowest BCUT2D eigenvalue weighted by Gasteiger charge is -2.24. The quantitative estimate of drug-likeness (QED) is 0.496. The second kappa shape index (κ2) is 8.22. The minimum atomic E-state index is -0.570. The lowest BCUT2D eigenvalue weighted by molar-refractivity contribution is -0.385. The standard InChI is InChI=1S/C23H24N4O4/c1-3-25-12-10-16-14-18(7-9-20(16)25)24-22(28)21-5-4-11-26(21)23(29)17-6-8-19(27(30)31)15(2)13-17/h6-10,12-14,21H,3-5,11H2,1-2H3,(H,24,28). The molecule has 1 unspecified atom stereocenters. The topological polar surface area (TPSA) is 97.5 Å². The first-order valence-electron chi connectivity index (χ1n) is 10.3. The molecule has 2 aromatic carbocycles. The number of amides is 2. The third-order valence-corrected chi connectivity index (χ3v) is 5.84. The van der Waals surface area contributed by atoms with Gasteiger partial charge in [0.25, 0.3) is 11.6 Å². The van der Waals surface area contributed by atoms with Crippen LogP contribution in [0.4, 0.5) is 11.4 Å². The Labute approximate surface area is 179 Å². The summed E-state index contributed by atoms with van der Waals surface area (Å²) in [6.45, 7) is 5.03. The second-order valence-electron chi connectivity index (χ2n) is 7.78. The minimum absolute atomic E-state index is 0.0282. The maximum absolute atomic E-state index is 13.0. The zero-order chi connectivity index (χ0) is 22.1. The van der Waals surface area contributed by atoms with E-state index in [9.17, 15) is 19.7 Å². The summed E-state index contributed by atoms with van der Waals surface area (Å²) in [5.74, 6) is -0.509. The predicted octanol–water partition coefficient (Wildman–Crippen LogP) is 4.12. The number of rotatable bonds is 5. The summed E-state index contributed by atoms with van der Waals surface area (Å²) in [5, 5.41) is 15.0. The Morgan fingerprint density at radius 3 is 2.71 bits per heavy atom. The fourth-order valence-electron chi connectivity index (χ4n) is 4.22. The van der Waals surface area contributed by atoms with E-state index in [0.29, 0.717) is 29.8 Å². The van der Waals surface area contributed by atoms with E-state index in [1.165, 1.54) is 18.2 Å². The summed E-state index contributed by atoms with van der Waals surface area (Å²) in [6, 6.07) is 11.5. The van der Waals surface area contributed by atoms with Gasteiger partial charge in [-0.2, -0.15) is 0 Å². The summed E-state index contributed by atoms with van der Waals surface area (Å²) in [4.78, 5) is 38.1. The summed E-state index contributed by atoms with van der Waals surface area (Å²) in [6.07, 6.45) is 3.33. The van der Waals surface area contributed by atoms with Crippen molar-refractivity contribution < 1.29 is 14.5 Å². The second-order valence-corrected chi connectivity index (χ2v) is 7.78. The highest BCUT2D eigenvalue weighted by Gasteiger charge is 2.35. The van der Waals surface area contributed by atoms with Crippen LogP contribution in [0.25, 0.3) is 10.9 Å². The highest BCUT2D eigenvalue weighted by atomic mass is 16.6. The molecule has 1 fully saturated rings. The molecule has 160 valence electrons. The Balaban J connectivity index is 1.51. The van der Waals surface area contributed by atoms with Gasteiger partial charge in [0.15, 0.2) is 0 Å². The van der Waals surface area contributed by atoms with Crippen LogP contribution in [0, 0.1) is 17.0 Å². The number of aryl methyl sites for hydroxylation is 2. The van der Waals surface area contributed by atoms with Gasteiger partial charge in [0, 0.05) is 53.1 Å². The van der Waals surface area contributed by atoms with E-state index < -0.39 is 11.0 Å². The molecule has 0 aliphatic carbocycles. The third-order valence-electron chi connectivity index (χ3n) is 5.84. The van der Waals surface area contributed by atoms with Crippen LogP contribution in [-0.2, 0) is 11.3 Å². The average molecular weight is 420 g/mol. The zero-order valence-corrected chi connectivity index (χ0v) is 17.5. The van der Waals surface area contributed by atoms with Gasteiger partial charge in [-0.15, -0.1) is 0 Å². The Hall–Kier alpha value is -3.68. The molecule has 1 saturated heterocycles. The highest BCUT2D eigenvalue weighted by molar-refractivity contribution is 6.02. The van der Waals surface area contributed by atoms with Crippen molar-refractivity contribution >= 4 is 34.1 Å². The molecule has 3 aromatic rings. The number of carbonyl (C=O) groups excluding carboxylic acids is 2. The number of fused-ring (bicyclic) bond motifs is 1. The van der Waals surface area contributed by atoms with Gasteiger partial charge in [0.1, 0.15) is 6.04 Å². The first kappa shape index (κ1) is 20.6. The number of aromatic nitrogens is 1. The third kappa shape index (κ3) is 3.88. The number of hydrogen-bond donors (Lipinski definition) is 1. The number of benzene rings is 2. The molecule has 0 radical (unpaired) electrons. The molecule has 31 heavy (non-hydrogen) atoms. The van der Waals surface area contributed by atoms with Crippen molar-refractivity contribution in [1.82, 2.24) is 9.47 Å². The molecule has 2 heterocycles. The SMILES string of the molecule is CCn1ccc2cc(NC(=O)C3CCCN3C(=O)c3ccc([N+](=O)[O-])c(C)c3)ccc21. The van der Waals surface area contributed by atoms with Crippen molar-refractivity contribution in [2.24, 2.45) is 0 Å². The molecule has 1 N–H and O–H groups in total. The molecule has 0 spiro atoms. The van der Waals surface area contributed by atoms with Crippen LogP contribution >= 0.6 is 0 Å². The van der Waals surface area contributed by atoms with Crippen LogP contribution in [0.3, 0.4) is 0 Å². The Morgan fingerprint density at radius 2 is 2.00 bits per heavy atom. The molecule has 8 nitrogen and oxygen atoms in total. The van der Waals surface area contributed by atoms with Gasteiger partial charge in [-0.25, -0.2) is 0 Å². The van der Waals surface area contributed by atoms with Crippen molar-refractivity contribution in [3.8, 4) is 0 Å². The number of likely N-dealkylation sites (tertiary alicyclic amines) is 1. The van der Waals surface area contributed by atoms with E-state index in [0.717, 1.165) is 23.9 Å². The van der Waals surface area contributed by atoms with E-state index in [1.54, 1.807) is 11.8 Å². The monoisotopic (exact) mass is 420 g/mol. The first-order valence-corrected chi connectivity index (χ1v) is 10.3. The number of nitrogens with one attached hydrogen (secondary N) is 1. The van der Waals surface area contributed by atoms with Crippen LogP contribution in [-0.4, -0.2) is 38.8 Å². The summed E-state index contributed by atoms with van der Waals surface area (Å²) < 4.78 is 2.13. The Morgan fingerprint density at radius 1 is 1.19 bits per heavy atom. The lowest BCUT2D eigenvalue weighted by Crippen LogP contribution is -2.43. The number of nitro benzene ring substituents is 1. The molecule has 0 bridgehead atoms. The van der Waals surface area contributed by atoms with Gasteiger partial charge in [-0.3, -0.25) is 19.7 Å². The molecular formula is C23H24N4O4. The van der Waals surface area contributed by atoms with E-state index in [4.69, 9.17) is 0 Å². The molecule has 2 amide bonds. The molecule has 1 aliphatic heterocycles. The summed E-state index contributed by atoms with van der Waals surface area (Å²) >= 11 is 0. The van der Waals surface area contributed by atoms with Gasteiger partial charge in [-0.1, -0.05) is 0 Å². The molecular weight excluding hydrogens is 396 g/mol. The van der Waals surface area contributed by atoms with E-state index in [1.807, 2.05) is 30.5 Å². The first-order chi connectivity index (χ1) is 14.9. The fraction of sp³-hybridized carbons (Fsp3) is 0.304. The zero-order valence-electron chi connectivity index (χ0n) is 17.5. The molecule has 0 saturated carbocycles. The van der Waals surface area contributed by atoms with E-state index in [-0.39, 0.29) is 17.5 Å². The maximum Gasteiger partial charge on any atom is 0.272 e. The van der Waals surface area contributed by atoms with Crippen molar-refractivity contribution in [1.29, 1.82) is 0 Å². The molecule has 1 aromatic heterocycles. The number of nitro groups is 1. The molecule has 1 aliphatic rings. The smallest absolute Gasteiger partial charge is 0.272 e. The van der Waals surface area contributed by atoms with Crippen molar-refractivity contribution in [2.75, 3.05) is 11.9 Å².